The van der Waals surface area contributed by atoms with Gasteiger partial charge in [-0.05, 0) is 25.3 Å². The van der Waals surface area contributed by atoms with Gasteiger partial charge < -0.3 is 10.2 Å². The van der Waals surface area contributed by atoms with E-state index in [2.05, 4.69) is 13.8 Å². The molecular weight excluding hydrogens is 140 g/mol. The van der Waals surface area contributed by atoms with Crippen LogP contribution < -0.4 is 0 Å². The van der Waals surface area contributed by atoms with Crippen LogP contribution in [-0.2, 0) is 0 Å². The number of aliphatic hydroxyl groups excluding tert-OH is 2. The molecule has 0 aromatic heterocycles. The zero-order chi connectivity index (χ0) is 8.85. The molecule has 1 unspecified atom stereocenters. The third-order valence-electron chi connectivity index (χ3n) is 1.52. The Labute approximate surface area is 68.6 Å². The van der Waals surface area contributed by atoms with E-state index < -0.39 is 6.10 Å². The first kappa shape index (κ1) is 10.5. The molecule has 2 nitrogen and oxygen atoms in total. The van der Waals surface area contributed by atoms with E-state index in [1.807, 2.05) is 0 Å². The Balaban J connectivity index is 3.60. The third kappa shape index (κ3) is 5.92. The van der Waals surface area contributed by atoms with Gasteiger partial charge in [0.15, 0.2) is 0 Å². The third-order valence-corrected chi connectivity index (χ3v) is 1.52. The molecular formula is C9H18O2. The van der Waals surface area contributed by atoms with E-state index in [-0.39, 0.29) is 5.76 Å². The number of hydrogen-bond donors (Lipinski definition) is 2. The summed E-state index contributed by atoms with van der Waals surface area (Å²) in [5, 5.41) is 18.4. The van der Waals surface area contributed by atoms with E-state index in [0.717, 1.165) is 6.42 Å². The quantitative estimate of drug-likeness (QED) is 0.616. The number of rotatable bonds is 4. The summed E-state index contributed by atoms with van der Waals surface area (Å²) in [4.78, 5) is 0. The van der Waals surface area contributed by atoms with E-state index in [0.29, 0.717) is 12.3 Å². The summed E-state index contributed by atoms with van der Waals surface area (Å²) in [6.07, 6.45) is 2.35. The first-order valence-corrected chi connectivity index (χ1v) is 4.08. The molecule has 0 aliphatic carbocycles. The van der Waals surface area contributed by atoms with E-state index in [1.54, 1.807) is 13.0 Å². The number of allylic oxidation sites excluding steroid dienone is 1. The van der Waals surface area contributed by atoms with E-state index in [9.17, 15) is 5.11 Å². The summed E-state index contributed by atoms with van der Waals surface area (Å²) in [6, 6.07) is 0. The van der Waals surface area contributed by atoms with Gasteiger partial charge >= 0.3 is 0 Å². The van der Waals surface area contributed by atoms with Gasteiger partial charge in [-0.1, -0.05) is 13.8 Å². The van der Waals surface area contributed by atoms with Crippen LogP contribution in [0.5, 0.6) is 0 Å². The van der Waals surface area contributed by atoms with Crippen molar-refractivity contribution in [3.63, 3.8) is 0 Å². The van der Waals surface area contributed by atoms with Gasteiger partial charge in [-0.25, -0.2) is 0 Å². The first-order chi connectivity index (χ1) is 5.06. The molecule has 2 N–H and O–H groups in total. The molecule has 0 spiro atoms. The smallest absolute Gasteiger partial charge is 0.0905 e. The second-order valence-electron chi connectivity index (χ2n) is 3.27. The highest BCUT2D eigenvalue weighted by molar-refractivity contribution is 4.89. The molecule has 0 fully saturated rings. The van der Waals surface area contributed by atoms with E-state index >= 15 is 0 Å². The van der Waals surface area contributed by atoms with Crippen molar-refractivity contribution in [3.8, 4) is 0 Å². The number of hydrogen-bond acceptors (Lipinski definition) is 2. The molecule has 0 saturated carbocycles. The molecule has 0 aliphatic heterocycles. The second kappa shape index (κ2) is 5.19. The summed E-state index contributed by atoms with van der Waals surface area (Å²) < 4.78 is 0. The predicted molar refractivity (Wildman–Crippen MR) is 46.5 cm³/mol. The lowest BCUT2D eigenvalue weighted by Crippen LogP contribution is -2.10. The Kier molecular flexibility index (Phi) is 4.95. The molecule has 66 valence electrons. The summed E-state index contributed by atoms with van der Waals surface area (Å²) in [5.74, 6) is 0.757. The molecule has 0 aromatic rings. The van der Waals surface area contributed by atoms with Gasteiger partial charge in [0.2, 0.25) is 0 Å². The molecule has 0 rings (SSSR count). The van der Waals surface area contributed by atoms with Crippen molar-refractivity contribution < 1.29 is 10.2 Å². The van der Waals surface area contributed by atoms with E-state index in [1.165, 1.54) is 0 Å². The fourth-order valence-corrected chi connectivity index (χ4v) is 0.987. The lowest BCUT2D eigenvalue weighted by atomic mass is 10.0. The van der Waals surface area contributed by atoms with Crippen molar-refractivity contribution in [2.75, 3.05) is 0 Å². The molecule has 0 aliphatic rings. The summed E-state index contributed by atoms with van der Waals surface area (Å²) in [6.45, 7) is 5.86. The number of aliphatic hydroxyl groups is 2. The highest BCUT2D eigenvalue weighted by Crippen LogP contribution is 2.10. The molecule has 0 heterocycles. The Morgan fingerprint density at radius 1 is 1.45 bits per heavy atom. The Hall–Kier alpha value is -0.500. The van der Waals surface area contributed by atoms with Gasteiger partial charge in [-0.15, -0.1) is 0 Å². The standard InChI is InChI=1S/C9H18O2/c1-4-8(10)6-9(11)5-7(2)3/h4,7,9-11H,5-6H2,1-3H3. The fourth-order valence-electron chi connectivity index (χ4n) is 0.987. The van der Waals surface area contributed by atoms with Crippen molar-refractivity contribution in [2.24, 2.45) is 5.92 Å². The summed E-state index contributed by atoms with van der Waals surface area (Å²) >= 11 is 0. The Bertz CT molecular complexity index is 128. The maximum absolute atomic E-state index is 9.32. The van der Waals surface area contributed by atoms with Crippen molar-refractivity contribution in [1.29, 1.82) is 0 Å². The van der Waals surface area contributed by atoms with Crippen molar-refractivity contribution >= 4 is 0 Å². The summed E-state index contributed by atoms with van der Waals surface area (Å²) in [7, 11) is 0. The van der Waals surface area contributed by atoms with Gasteiger partial charge in [0.05, 0.1) is 11.9 Å². The SMILES string of the molecule is CC=C(O)CC(O)CC(C)C. The van der Waals surface area contributed by atoms with E-state index in [4.69, 9.17) is 5.11 Å². The molecule has 2 heteroatoms. The summed E-state index contributed by atoms with van der Waals surface area (Å²) in [5.41, 5.74) is 0. The van der Waals surface area contributed by atoms with Crippen LogP contribution in [0.25, 0.3) is 0 Å². The molecule has 0 radical (unpaired) electrons. The maximum Gasteiger partial charge on any atom is 0.0905 e. The van der Waals surface area contributed by atoms with Gasteiger partial charge in [0.25, 0.3) is 0 Å². The normalized spacial score (nSPS) is 15.5. The van der Waals surface area contributed by atoms with Crippen molar-refractivity contribution in [1.82, 2.24) is 0 Å². The van der Waals surface area contributed by atoms with Gasteiger partial charge in [-0.2, -0.15) is 0 Å². The Morgan fingerprint density at radius 2 is 2.00 bits per heavy atom. The monoisotopic (exact) mass is 158 g/mol. The highest BCUT2D eigenvalue weighted by atomic mass is 16.3. The van der Waals surface area contributed by atoms with Crippen LogP contribution in [0, 0.1) is 5.92 Å². The lowest BCUT2D eigenvalue weighted by molar-refractivity contribution is 0.135. The van der Waals surface area contributed by atoms with Crippen LogP contribution in [-0.4, -0.2) is 16.3 Å². The maximum atomic E-state index is 9.32. The molecule has 0 amide bonds. The van der Waals surface area contributed by atoms with Crippen LogP contribution in [0.2, 0.25) is 0 Å². The van der Waals surface area contributed by atoms with Crippen molar-refractivity contribution in [2.45, 2.75) is 39.7 Å². The zero-order valence-electron chi connectivity index (χ0n) is 7.54. The largest absolute Gasteiger partial charge is 0.513 e. The minimum atomic E-state index is -0.397. The van der Waals surface area contributed by atoms with Crippen LogP contribution >= 0.6 is 0 Å². The first-order valence-electron chi connectivity index (χ1n) is 4.08. The highest BCUT2D eigenvalue weighted by Gasteiger charge is 2.07. The minimum absolute atomic E-state index is 0.276. The molecule has 0 aromatic carbocycles. The van der Waals surface area contributed by atoms with Crippen LogP contribution in [0.15, 0.2) is 11.8 Å². The molecule has 11 heavy (non-hydrogen) atoms. The van der Waals surface area contributed by atoms with Crippen LogP contribution in [0.3, 0.4) is 0 Å². The topological polar surface area (TPSA) is 40.5 Å². The molecule has 0 saturated heterocycles. The Morgan fingerprint density at radius 3 is 2.36 bits per heavy atom. The minimum Gasteiger partial charge on any atom is -0.513 e. The average molecular weight is 158 g/mol. The van der Waals surface area contributed by atoms with Crippen molar-refractivity contribution in [3.05, 3.63) is 11.8 Å². The molecule has 0 bridgehead atoms. The van der Waals surface area contributed by atoms with Crippen LogP contribution in [0.4, 0.5) is 0 Å². The zero-order valence-corrected chi connectivity index (χ0v) is 7.54. The fraction of sp³-hybridized carbons (Fsp3) is 0.778. The lowest BCUT2D eigenvalue weighted by Gasteiger charge is -2.11. The predicted octanol–water partition coefficient (Wildman–Crippen LogP) is 2.25. The van der Waals surface area contributed by atoms with Gasteiger partial charge in [0, 0.05) is 6.42 Å². The van der Waals surface area contributed by atoms with Gasteiger partial charge in [0.1, 0.15) is 0 Å². The molecule has 1 atom stereocenters. The van der Waals surface area contributed by atoms with Crippen LogP contribution in [0.1, 0.15) is 33.6 Å². The second-order valence-corrected chi connectivity index (χ2v) is 3.27. The average Bonchev–Trinajstić information content (AvgIpc) is 1.85. The van der Waals surface area contributed by atoms with Gasteiger partial charge in [-0.3, -0.25) is 0 Å².